The van der Waals surface area contributed by atoms with E-state index in [0.29, 0.717) is 22.3 Å². The number of likely N-dealkylation sites (tertiary alicyclic amines) is 1. The lowest BCUT2D eigenvalue weighted by molar-refractivity contribution is -0.0494. The number of amides is 1. The maximum atomic E-state index is 13.4. The minimum absolute atomic E-state index is 0.0533. The molecule has 1 aliphatic rings. The Morgan fingerprint density at radius 2 is 1.87 bits per heavy atom. The van der Waals surface area contributed by atoms with Crippen LogP contribution in [0.25, 0.3) is 33.5 Å². The average Bonchev–Trinajstić information content (AvgIpc) is 3.03. The van der Waals surface area contributed by atoms with Crippen LogP contribution in [-0.4, -0.2) is 49.3 Å². The molecule has 0 N–H and O–H groups in total. The van der Waals surface area contributed by atoms with Crippen molar-refractivity contribution in [1.29, 1.82) is 0 Å². The summed E-state index contributed by atoms with van der Waals surface area (Å²) in [7, 11) is 1.94. The fourth-order valence-electron chi connectivity index (χ4n) is 4.28. The molecule has 1 amide bonds. The highest BCUT2D eigenvalue weighted by Gasteiger charge is 2.35. The number of carbonyl (C=O) groups is 1. The molecule has 1 saturated heterocycles. The Balaban J connectivity index is 1.53. The number of hydrogen-bond acceptors (Lipinski definition) is 4. The first kappa shape index (κ1) is 19.5. The Morgan fingerprint density at radius 1 is 1.10 bits per heavy atom. The molecule has 0 atom stereocenters. The van der Waals surface area contributed by atoms with Gasteiger partial charge in [0.1, 0.15) is 11.3 Å². The van der Waals surface area contributed by atoms with Gasteiger partial charge in [-0.15, -0.1) is 0 Å². The summed E-state index contributed by atoms with van der Waals surface area (Å²) in [5, 5.41) is 1.05. The van der Waals surface area contributed by atoms with Gasteiger partial charge in [-0.1, -0.05) is 0 Å². The third-order valence-electron chi connectivity index (χ3n) is 6.01. The molecule has 158 valence electrons. The van der Waals surface area contributed by atoms with Crippen molar-refractivity contribution in [1.82, 2.24) is 24.4 Å². The standard InChI is InChI=1S/C23H21F2N5O/c1-14-16-4-3-9-26-21(16)29(2)20(14)19-13-27-17-6-5-15(12-18(17)28-19)22(31)30-10-7-23(24,25)8-11-30/h3-6,9,12-13H,7-8,10-11H2,1-2H3. The van der Waals surface area contributed by atoms with Crippen molar-refractivity contribution in [2.45, 2.75) is 25.7 Å². The molecule has 4 heterocycles. The van der Waals surface area contributed by atoms with Gasteiger partial charge in [0.25, 0.3) is 11.8 Å². The largest absolute Gasteiger partial charge is 0.338 e. The molecule has 1 fully saturated rings. The second-order valence-electron chi connectivity index (χ2n) is 8.01. The molecule has 0 spiro atoms. The van der Waals surface area contributed by atoms with E-state index in [2.05, 4.69) is 9.97 Å². The van der Waals surface area contributed by atoms with Crippen molar-refractivity contribution in [2.75, 3.05) is 13.1 Å². The molecule has 31 heavy (non-hydrogen) atoms. The smallest absolute Gasteiger partial charge is 0.253 e. The lowest BCUT2D eigenvalue weighted by Crippen LogP contribution is -2.42. The van der Waals surface area contributed by atoms with Gasteiger partial charge in [-0.25, -0.2) is 18.7 Å². The van der Waals surface area contributed by atoms with E-state index < -0.39 is 5.92 Å². The zero-order valence-corrected chi connectivity index (χ0v) is 17.3. The van der Waals surface area contributed by atoms with Crippen LogP contribution in [0.15, 0.2) is 42.7 Å². The van der Waals surface area contributed by atoms with Gasteiger partial charge >= 0.3 is 0 Å². The Morgan fingerprint density at radius 3 is 2.61 bits per heavy atom. The molecule has 0 unspecified atom stereocenters. The molecule has 1 aromatic carbocycles. The molecule has 0 aliphatic carbocycles. The van der Waals surface area contributed by atoms with Crippen molar-refractivity contribution in [2.24, 2.45) is 7.05 Å². The molecule has 3 aromatic heterocycles. The molecule has 0 saturated carbocycles. The molecule has 5 rings (SSSR count). The average molecular weight is 421 g/mol. The van der Waals surface area contributed by atoms with Crippen LogP contribution in [0, 0.1) is 6.92 Å². The lowest BCUT2D eigenvalue weighted by Gasteiger charge is -2.31. The number of carbonyl (C=O) groups excluding carboxylic acids is 1. The van der Waals surface area contributed by atoms with Crippen LogP contribution >= 0.6 is 0 Å². The fraction of sp³-hybridized carbons (Fsp3) is 0.304. The quantitative estimate of drug-likeness (QED) is 0.482. The Hall–Kier alpha value is -3.42. The van der Waals surface area contributed by atoms with Crippen LogP contribution in [0.4, 0.5) is 8.78 Å². The summed E-state index contributed by atoms with van der Waals surface area (Å²) < 4.78 is 28.9. The summed E-state index contributed by atoms with van der Waals surface area (Å²) in [6.45, 7) is 2.13. The van der Waals surface area contributed by atoms with Gasteiger partial charge in [0.15, 0.2) is 0 Å². The zero-order valence-electron chi connectivity index (χ0n) is 17.3. The Kier molecular flexibility index (Phi) is 4.46. The van der Waals surface area contributed by atoms with E-state index in [9.17, 15) is 13.6 Å². The maximum Gasteiger partial charge on any atom is 0.253 e. The van der Waals surface area contributed by atoms with Crippen LogP contribution in [0.2, 0.25) is 0 Å². The number of aromatic nitrogens is 4. The fourth-order valence-corrected chi connectivity index (χ4v) is 4.28. The summed E-state index contributed by atoms with van der Waals surface area (Å²) in [5.41, 5.74) is 5.21. The summed E-state index contributed by atoms with van der Waals surface area (Å²) in [5.74, 6) is -2.94. The minimum atomic E-state index is -2.69. The van der Waals surface area contributed by atoms with Gasteiger partial charge in [-0.05, 0) is 42.8 Å². The van der Waals surface area contributed by atoms with Crippen LogP contribution in [0.1, 0.15) is 28.8 Å². The zero-order chi connectivity index (χ0) is 21.8. The van der Waals surface area contributed by atoms with E-state index in [-0.39, 0.29) is 31.8 Å². The van der Waals surface area contributed by atoms with Gasteiger partial charge in [-0.2, -0.15) is 0 Å². The first-order valence-electron chi connectivity index (χ1n) is 10.2. The summed E-state index contributed by atoms with van der Waals surface area (Å²) >= 11 is 0. The van der Waals surface area contributed by atoms with E-state index in [1.165, 1.54) is 4.90 Å². The summed E-state index contributed by atoms with van der Waals surface area (Å²) in [4.78, 5) is 28.1. The molecule has 8 heteroatoms. The number of nitrogens with zero attached hydrogens (tertiary/aromatic N) is 5. The molecule has 1 aliphatic heterocycles. The lowest BCUT2D eigenvalue weighted by atomic mass is 10.1. The number of fused-ring (bicyclic) bond motifs is 2. The van der Waals surface area contributed by atoms with E-state index in [0.717, 1.165) is 22.3 Å². The third-order valence-corrected chi connectivity index (χ3v) is 6.01. The molecule has 0 bridgehead atoms. The van der Waals surface area contributed by atoms with Gasteiger partial charge < -0.3 is 9.47 Å². The first-order chi connectivity index (χ1) is 14.8. The van der Waals surface area contributed by atoms with Crippen molar-refractivity contribution >= 4 is 28.0 Å². The first-order valence-corrected chi connectivity index (χ1v) is 10.2. The molecular formula is C23H21F2N5O. The predicted molar refractivity (Wildman–Crippen MR) is 114 cm³/mol. The molecular weight excluding hydrogens is 400 g/mol. The second-order valence-corrected chi connectivity index (χ2v) is 8.01. The van der Waals surface area contributed by atoms with E-state index >= 15 is 0 Å². The summed E-state index contributed by atoms with van der Waals surface area (Å²) in [6.07, 6.45) is 2.87. The number of piperidine rings is 1. The normalized spacial score (nSPS) is 16.2. The van der Waals surface area contributed by atoms with Gasteiger partial charge in [0, 0.05) is 50.1 Å². The van der Waals surface area contributed by atoms with E-state index in [1.54, 1.807) is 30.6 Å². The number of aryl methyl sites for hydroxylation is 2. The minimum Gasteiger partial charge on any atom is -0.338 e. The predicted octanol–water partition coefficient (Wildman–Crippen LogP) is 4.36. The number of hydrogen-bond donors (Lipinski definition) is 0. The Labute approximate surface area is 177 Å². The number of rotatable bonds is 2. The van der Waals surface area contributed by atoms with Gasteiger partial charge in [0.2, 0.25) is 0 Å². The Bertz CT molecular complexity index is 1280. The van der Waals surface area contributed by atoms with Crippen molar-refractivity contribution in [3.05, 3.63) is 53.9 Å². The van der Waals surface area contributed by atoms with Crippen LogP contribution in [0.3, 0.4) is 0 Å². The van der Waals surface area contributed by atoms with Crippen molar-refractivity contribution in [3.63, 3.8) is 0 Å². The highest BCUT2D eigenvalue weighted by atomic mass is 19.3. The monoisotopic (exact) mass is 421 g/mol. The number of halogens is 2. The number of alkyl halides is 2. The molecule has 0 radical (unpaired) electrons. The van der Waals surface area contributed by atoms with Gasteiger partial charge in [0.05, 0.1) is 22.9 Å². The number of benzene rings is 1. The summed E-state index contributed by atoms with van der Waals surface area (Å²) in [6, 6.07) is 9.04. The highest BCUT2D eigenvalue weighted by Crippen LogP contribution is 2.31. The number of pyridine rings is 1. The third kappa shape index (κ3) is 3.32. The molecule has 6 nitrogen and oxygen atoms in total. The second kappa shape index (κ2) is 7.08. The topological polar surface area (TPSA) is 63.9 Å². The van der Waals surface area contributed by atoms with Crippen LogP contribution < -0.4 is 0 Å². The van der Waals surface area contributed by atoms with Crippen molar-refractivity contribution < 1.29 is 13.6 Å². The highest BCUT2D eigenvalue weighted by molar-refractivity contribution is 5.97. The maximum absolute atomic E-state index is 13.4. The van der Waals surface area contributed by atoms with Crippen LogP contribution in [-0.2, 0) is 7.05 Å². The van der Waals surface area contributed by atoms with Gasteiger partial charge in [-0.3, -0.25) is 9.78 Å². The van der Waals surface area contributed by atoms with Crippen molar-refractivity contribution in [3.8, 4) is 11.4 Å². The molecule has 4 aromatic rings. The SMILES string of the molecule is Cc1c(-c2cnc3ccc(C(=O)N4CCC(F)(F)CC4)cc3n2)n(C)c2ncccc12. The van der Waals surface area contributed by atoms with E-state index in [1.807, 2.05) is 30.7 Å². The van der Waals surface area contributed by atoms with Crippen LogP contribution in [0.5, 0.6) is 0 Å². The van der Waals surface area contributed by atoms with E-state index in [4.69, 9.17) is 4.98 Å².